The normalized spacial score (nSPS) is 17.5. The van der Waals surface area contributed by atoms with E-state index in [1.165, 1.54) is 4.90 Å². The molecule has 0 aromatic heterocycles. The number of hydrogen-bond acceptors (Lipinski definition) is 6. The van der Waals surface area contributed by atoms with E-state index in [1.807, 2.05) is 23.1 Å². The molecule has 1 atom stereocenters. The van der Waals surface area contributed by atoms with Gasteiger partial charge in [-0.2, -0.15) is 0 Å². The standard InChI is InChI=1S/C18H27N3O5/c1-20(8-9-22)17(23)11-14-18(24)19-6-7-21(14)12-13-4-5-15(25-2)16(10-13)26-3/h4-5,10,14,22H,6-9,11-12H2,1-3H3,(H,19,24). The number of hydrogen-bond donors (Lipinski definition) is 2. The van der Waals surface area contributed by atoms with Gasteiger partial charge in [-0.3, -0.25) is 14.5 Å². The van der Waals surface area contributed by atoms with Crippen LogP contribution in [0, 0.1) is 0 Å². The monoisotopic (exact) mass is 365 g/mol. The van der Waals surface area contributed by atoms with Gasteiger partial charge < -0.3 is 24.8 Å². The SMILES string of the molecule is COc1ccc(CN2CCNC(=O)C2CC(=O)N(C)CCO)cc1OC. The Morgan fingerprint density at radius 1 is 1.35 bits per heavy atom. The number of carbonyl (C=O) groups excluding carboxylic acids is 2. The molecule has 0 spiro atoms. The van der Waals surface area contributed by atoms with Crippen molar-refractivity contribution in [3.05, 3.63) is 23.8 Å². The zero-order valence-corrected chi connectivity index (χ0v) is 15.5. The van der Waals surface area contributed by atoms with Gasteiger partial charge in [0.25, 0.3) is 0 Å². The summed E-state index contributed by atoms with van der Waals surface area (Å²) in [5, 5.41) is 11.8. The molecule has 26 heavy (non-hydrogen) atoms. The van der Waals surface area contributed by atoms with Crippen molar-refractivity contribution < 1.29 is 24.2 Å². The summed E-state index contributed by atoms with van der Waals surface area (Å²) in [6.07, 6.45) is 0.0790. The number of nitrogens with zero attached hydrogens (tertiary/aromatic N) is 2. The third-order valence-corrected chi connectivity index (χ3v) is 4.50. The molecule has 0 radical (unpaired) electrons. The van der Waals surface area contributed by atoms with Gasteiger partial charge in [-0.25, -0.2) is 0 Å². The van der Waals surface area contributed by atoms with Crippen molar-refractivity contribution in [2.75, 3.05) is 47.5 Å². The van der Waals surface area contributed by atoms with Gasteiger partial charge in [0.15, 0.2) is 11.5 Å². The second-order valence-electron chi connectivity index (χ2n) is 6.21. The molecule has 8 heteroatoms. The van der Waals surface area contributed by atoms with E-state index >= 15 is 0 Å². The van der Waals surface area contributed by atoms with Gasteiger partial charge in [-0.15, -0.1) is 0 Å². The Balaban J connectivity index is 2.12. The number of rotatable bonds is 8. The number of piperazine rings is 1. The van der Waals surface area contributed by atoms with E-state index in [0.717, 1.165) is 5.56 Å². The Morgan fingerprint density at radius 2 is 2.08 bits per heavy atom. The average molecular weight is 365 g/mol. The lowest BCUT2D eigenvalue weighted by Gasteiger charge is -2.35. The Kier molecular flexibility index (Phi) is 7.23. The van der Waals surface area contributed by atoms with Crippen LogP contribution >= 0.6 is 0 Å². The molecule has 0 aliphatic carbocycles. The molecule has 144 valence electrons. The fourth-order valence-corrected chi connectivity index (χ4v) is 2.98. The first-order chi connectivity index (χ1) is 12.5. The molecule has 1 unspecified atom stereocenters. The van der Waals surface area contributed by atoms with Gasteiger partial charge in [-0.1, -0.05) is 6.07 Å². The smallest absolute Gasteiger partial charge is 0.237 e. The lowest BCUT2D eigenvalue weighted by molar-refractivity contribution is -0.138. The first kappa shape index (κ1) is 20.0. The predicted octanol–water partition coefficient (Wildman–Crippen LogP) is -0.155. The highest BCUT2D eigenvalue weighted by molar-refractivity contribution is 5.88. The van der Waals surface area contributed by atoms with Crippen molar-refractivity contribution in [1.82, 2.24) is 15.1 Å². The summed E-state index contributed by atoms with van der Waals surface area (Å²) in [4.78, 5) is 28.0. The number of amides is 2. The van der Waals surface area contributed by atoms with Crippen LogP contribution in [0.15, 0.2) is 18.2 Å². The van der Waals surface area contributed by atoms with Gasteiger partial charge in [-0.05, 0) is 17.7 Å². The molecule has 1 aromatic carbocycles. The van der Waals surface area contributed by atoms with Crippen LogP contribution in [0.2, 0.25) is 0 Å². The summed E-state index contributed by atoms with van der Waals surface area (Å²) in [5.74, 6) is 0.952. The lowest BCUT2D eigenvalue weighted by atomic mass is 10.1. The molecule has 2 amide bonds. The highest BCUT2D eigenvalue weighted by Crippen LogP contribution is 2.28. The lowest BCUT2D eigenvalue weighted by Crippen LogP contribution is -2.56. The van der Waals surface area contributed by atoms with Gasteiger partial charge in [0.1, 0.15) is 0 Å². The molecule has 0 saturated carbocycles. The van der Waals surface area contributed by atoms with E-state index in [1.54, 1.807) is 21.3 Å². The van der Waals surface area contributed by atoms with E-state index < -0.39 is 6.04 Å². The summed E-state index contributed by atoms with van der Waals surface area (Å²) in [6, 6.07) is 5.09. The molecule has 2 rings (SSSR count). The zero-order valence-electron chi connectivity index (χ0n) is 15.5. The third kappa shape index (κ3) is 4.86. The number of aliphatic hydroxyl groups excluding tert-OH is 1. The largest absolute Gasteiger partial charge is 0.493 e. The number of benzene rings is 1. The van der Waals surface area contributed by atoms with Crippen LogP contribution < -0.4 is 14.8 Å². The molecule has 1 heterocycles. The molecule has 8 nitrogen and oxygen atoms in total. The third-order valence-electron chi connectivity index (χ3n) is 4.50. The van der Waals surface area contributed by atoms with Gasteiger partial charge in [0, 0.05) is 33.2 Å². The summed E-state index contributed by atoms with van der Waals surface area (Å²) in [5.41, 5.74) is 0.971. The van der Waals surface area contributed by atoms with Crippen molar-refractivity contribution in [2.24, 2.45) is 0 Å². The van der Waals surface area contributed by atoms with Gasteiger partial charge in [0.05, 0.1) is 33.3 Å². The molecule has 1 aliphatic rings. The Morgan fingerprint density at radius 3 is 2.73 bits per heavy atom. The minimum atomic E-state index is -0.537. The van der Waals surface area contributed by atoms with Crippen molar-refractivity contribution in [3.8, 4) is 11.5 Å². The maximum Gasteiger partial charge on any atom is 0.237 e. The minimum absolute atomic E-state index is 0.0790. The summed E-state index contributed by atoms with van der Waals surface area (Å²) < 4.78 is 10.6. The Labute approximate surface area is 153 Å². The number of likely N-dealkylation sites (N-methyl/N-ethyl adjacent to an activating group) is 1. The fraction of sp³-hybridized carbons (Fsp3) is 0.556. The maximum absolute atomic E-state index is 12.3. The van der Waals surface area contributed by atoms with E-state index in [2.05, 4.69) is 5.32 Å². The highest BCUT2D eigenvalue weighted by Gasteiger charge is 2.32. The molecular weight excluding hydrogens is 338 g/mol. The molecule has 2 N–H and O–H groups in total. The summed E-state index contributed by atoms with van der Waals surface area (Å²) in [6.45, 7) is 1.87. The number of nitrogens with one attached hydrogen (secondary N) is 1. The van der Waals surface area contributed by atoms with Gasteiger partial charge in [0.2, 0.25) is 11.8 Å². The second-order valence-corrected chi connectivity index (χ2v) is 6.21. The van der Waals surface area contributed by atoms with Crippen LogP contribution in [0.1, 0.15) is 12.0 Å². The van der Waals surface area contributed by atoms with Crippen molar-refractivity contribution >= 4 is 11.8 Å². The molecule has 1 fully saturated rings. The Bertz CT molecular complexity index is 637. The minimum Gasteiger partial charge on any atom is -0.493 e. The maximum atomic E-state index is 12.3. The van der Waals surface area contributed by atoms with Crippen LogP contribution in [-0.2, 0) is 16.1 Å². The first-order valence-corrected chi connectivity index (χ1v) is 8.57. The summed E-state index contributed by atoms with van der Waals surface area (Å²) >= 11 is 0. The van der Waals surface area contributed by atoms with E-state index in [9.17, 15) is 9.59 Å². The van der Waals surface area contributed by atoms with Crippen LogP contribution in [0.5, 0.6) is 11.5 Å². The van der Waals surface area contributed by atoms with Crippen LogP contribution in [0.4, 0.5) is 0 Å². The first-order valence-electron chi connectivity index (χ1n) is 8.57. The number of carbonyl (C=O) groups is 2. The fourth-order valence-electron chi connectivity index (χ4n) is 2.98. The van der Waals surface area contributed by atoms with E-state index in [-0.39, 0.29) is 31.4 Å². The topological polar surface area (TPSA) is 91.3 Å². The summed E-state index contributed by atoms with van der Waals surface area (Å²) in [7, 11) is 4.78. The van der Waals surface area contributed by atoms with Crippen LogP contribution in [0.25, 0.3) is 0 Å². The predicted molar refractivity (Wildman–Crippen MR) is 96.1 cm³/mol. The van der Waals surface area contributed by atoms with Crippen molar-refractivity contribution in [1.29, 1.82) is 0 Å². The zero-order chi connectivity index (χ0) is 19.1. The molecule has 1 saturated heterocycles. The van der Waals surface area contributed by atoms with Crippen molar-refractivity contribution in [3.63, 3.8) is 0 Å². The van der Waals surface area contributed by atoms with Gasteiger partial charge >= 0.3 is 0 Å². The second kappa shape index (κ2) is 9.40. The Hall–Kier alpha value is -2.32. The van der Waals surface area contributed by atoms with E-state index in [4.69, 9.17) is 14.6 Å². The molecular formula is C18H27N3O5. The van der Waals surface area contributed by atoms with Crippen LogP contribution in [-0.4, -0.2) is 80.3 Å². The molecule has 0 bridgehead atoms. The number of methoxy groups -OCH3 is 2. The number of ether oxygens (including phenoxy) is 2. The van der Waals surface area contributed by atoms with E-state index in [0.29, 0.717) is 31.1 Å². The quantitative estimate of drug-likeness (QED) is 0.666. The average Bonchev–Trinajstić information content (AvgIpc) is 2.64. The number of aliphatic hydroxyl groups is 1. The molecule has 1 aliphatic heterocycles. The van der Waals surface area contributed by atoms with Crippen LogP contribution in [0.3, 0.4) is 0 Å². The highest BCUT2D eigenvalue weighted by atomic mass is 16.5. The van der Waals surface area contributed by atoms with Crippen molar-refractivity contribution in [2.45, 2.75) is 19.0 Å². The molecule has 1 aromatic rings.